The van der Waals surface area contributed by atoms with Crippen LogP contribution in [0.5, 0.6) is 0 Å². The zero-order valence-electron chi connectivity index (χ0n) is 8.63. The molecule has 2 nitrogen and oxygen atoms in total. The highest BCUT2D eigenvalue weighted by atomic mass is 32.2. The Bertz CT molecular complexity index is 199. The predicted molar refractivity (Wildman–Crippen MR) is 60.4 cm³/mol. The highest BCUT2D eigenvalue weighted by Gasteiger charge is 2.26. The lowest BCUT2D eigenvalue weighted by molar-refractivity contribution is -0.119. The third kappa shape index (κ3) is 2.66. The summed E-state index contributed by atoms with van der Waals surface area (Å²) < 4.78 is 0. The van der Waals surface area contributed by atoms with E-state index in [1.54, 1.807) is 11.8 Å². The molecule has 0 spiro atoms. The number of thioether (sulfide) groups is 1. The second-order valence-corrected chi connectivity index (χ2v) is 5.47. The van der Waals surface area contributed by atoms with Crippen LogP contribution in [0.4, 0.5) is 0 Å². The van der Waals surface area contributed by atoms with Gasteiger partial charge in [-0.3, -0.25) is 4.79 Å². The van der Waals surface area contributed by atoms with Crippen LogP contribution in [0, 0.1) is 5.92 Å². The minimum atomic E-state index is 0.246. The van der Waals surface area contributed by atoms with Crippen LogP contribution in [0.25, 0.3) is 0 Å². The zero-order valence-corrected chi connectivity index (χ0v) is 9.44. The lowest BCUT2D eigenvalue weighted by Gasteiger charge is -2.30. The van der Waals surface area contributed by atoms with E-state index in [1.807, 2.05) is 0 Å². The zero-order chi connectivity index (χ0) is 9.80. The fourth-order valence-corrected chi connectivity index (χ4v) is 3.53. The molecule has 80 valence electrons. The van der Waals surface area contributed by atoms with Gasteiger partial charge in [0.05, 0.1) is 5.75 Å². The molecular formula is C11H19NOS. The van der Waals surface area contributed by atoms with Gasteiger partial charge in [0, 0.05) is 11.8 Å². The molecule has 14 heavy (non-hydrogen) atoms. The summed E-state index contributed by atoms with van der Waals surface area (Å²) in [6.45, 7) is 0. The maximum atomic E-state index is 11.3. The average molecular weight is 213 g/mol. The molecule has 1 saturated heterocycles. The summed E-state index contributed by atoms with van der Waals surface area (Å²) in [6, 6.07) is 0.472. The van der Waals surface area contributed by atoms with E-state index in [0.29, 0.717) is 11.8 Å². The quantitative estimate of drug-likeness (QED) is 0.676. The van der Waals surface area contributed by atoms with Gasteiger partial charge in [-0.1, -0.05) is 25.7 Å². The molecule has 1 heterocycles. The van der Waals surface area contributed by atoms with E-state index in [-0.39, 0.29) is 5.91 Å². The van der Waals surface area contributed by atoms with E-state index in [0.717, 1.165) is 11.7 Å². The summed E-state index contributed by atoms with van der Waals surface area (Å²) in [5.74, 6) is 2.81. The standard InChI is InChI=1S/C11H19NOS/c13-11-8-14-7-10(12-11)9-5-3-1-2-4-6-9/h9-10H,1-8H2,(H,12,13). The molecule has 2 aliphatic rings. The third-order valence-corrected chi connectivity index (χ3v) is 4.41. The van der Waals surface area contributed by atoms with Crippen LogP contribution in [0.1, 0.15) is 38.5 Å². The number of carbonyl (C=O) groups excluding carboxylic acids is 1. The highest BCUT2D eigenvalue weighted by Crippen LogP contribution is 2.28. The fraction of sp³-hybridized carbons (Fsp3) is 0.909. The van der Waals surface area contributed by atoms with Crippen molar-refractivity contribution in [3.63, 3.8) is 0 Å². The Hall–Kier alpha value is -0.180. The van der Waals surface area contributed by atoms with Crippen LogP contribution in [0.15, 0.2) is 0 Å². The van der Waals surface area contributed by atoms with E-state index in [4.69, 9.17) is 0 Å². The van der Waals surface area contributed by atoms with Gasteiger partial charge < -0.3 is 5.32 Å². The van der Waals surface area contributed by atoms with E-state index < -0.39 is 0 Å². The van der Waals surface area contributed by atoms with Crippen molar-refractivity contribution >= 4 is 17.7 Å². The molecule has 1 unspecified atom stereocenters. The van der Waals surface area contributed by atoms with E-state index >= 15 is 0 Å². The van der Waals surface area contributed by atoms with Crippen molar-refractivity contribution in [2.45, 2.75) is 44.6 Å². The SMILES string of the molecule is O=C1CSCC(C2CCCCCC2)N1. The van der Waals surface area contributed by atoms with Gasteiger partial charge in [0.1, 0.15) is 0 Å². The number of carbonyl (C=O) groups is 1. The van der Waals surface area contributed by atoms with Gasteiger partial charge in [-0.05, 0) is 18.8 Å². The maximum absolute atomic E-state index is 11.3. The second kappa shape index (κ2) is 5.06. The normalized spacial score (nSPS) is 30.9. The third-order valence-electron chi connectivity index (χ3n) is 3.35. The molecule has 1 amide bonds. The number of nitrogens with one attached hydrogen (secondary N) is 1. The molecule has 0 aromatic carbocycles. The minimum absolute atomic E-state index is 0.246. The molecule has 1 N–H and O–H groups in total. The van der Waals surface area contributed by atoms with Gasteiger partial charge in [0.2, 0.25) is 5.91 Å². The van der Waals surface area contributed by atoms with Gasteiger partial charge in [-0.15, -0.1) is 11.8 Å². The maximum Gasteiger partial charge on any atom is 0.230 e. The first-order valence-electron chi connectivity index (χ1n) is 5.73. The van der Waals surface area contributed by atoms with Gasteiger partial charge in [0.15, 0.2) is 0 Å². The first-order chi connectivity index (χ1) is 6.86. The van der Waals surface area contributed by atoms with Crippen molar-refractivity contribution in [3.8, 4) is 0 Å². The van der Waals surface area contributed by atoms with Crippen LogP contribution < -0.4 is 5.32 Å². The summed E-state index contributed by atoms with van der Waals surface area (Å²) in [7, 11) is 0. The molecule has 0 radical (unpaired) electrons. The Morgan fingerprint density at radius 3 is 2.50 bits per heavy atom. The Kier molecular flexibility index (Phi) is 3.74. The number of hydrogen-bond donors (Lipinski definition) is 1. The van der Waals surface area contributed by atoms with Crippen molar-refractivity contribution in [1.29, 1.82) is 0 Å². The Labute approximate surface area is 90.2 Å². The lowest BCUT2D eigenvalue weighted by atomic mass is 9.93. The van der Waals surface area contributed by atoms with Gasteiger partial charge in [-0.2, -0.15) is 0 Å². The smallest absolute Gasteiger partial charge is 0.230 e. The molecule has 0 bridgehead atoms. The molecule has 0 aromatic heterocycles. The summed E-state index contributed by atoms with van der Waals surface area (Å²) in [5.41, 5.74) is 0. The van der Waals surface area contributed by atoms with Crippen LogP contribution in [-0.2, 0) is 4.79 Å². The molecule has 1 saturated carbocycles. The minimum Gasteiger partial charge on any atom is -0.352 e. The first kappa shape index (κ1) is 10.3. The van der Waals surface area contributed by atoms with E-state index in [1.165, 1.54) is 38.5 Å². The predicted octanol–water partition coefficient (Wildman–Crippen LogP) is 2.19. The van der Waals surface area contributed by atoms with E-state index in [9.17, 15) is 4.79 Å². The van der Waals surface area contributed by atoms with Crippen molar-refractivity contribution in [2.24, 2.45) is 5.92 Å². The molecular weight excluding hydrogens is 194 g/mol. The topological polar surface area (TPSA) is 29.1 Å². The summed E-state index contributed by atoms with van der Waals surface area (Å²) in [6.07, 6.45) is 8.16. The van der Waals surface area contributed by atoms with Crippen LogP contribution in [-0.4, -0.2) is 23.5 Å². The lowest BCUT2D eigenvalue weighted by Crippen LogP contribution is -2.46. The average Bonchev–Trinajstić information content (AvgIpc) is 2.45. The Morgan fingerprint density at radius 2 is 1.86 bits per heavy atom. The summed E-state index contributed by atoms with van der Waals surface area (Å²) >= 11 is 1.80. The van der Waals surface area contributed by atoms with Crippen molar-refractivity contribution in [1.82, 2.24) is 5.32 Å². The summed E-state index contributed by atoms with van der Waals surface area (Å²) in [4.78, 5) is 11.3. The van der Waals surface area contributed by atoms with E-state index in [2.05, 4.69) is 5.32 Å². The van der Waals surface area contributed by atoms with Gasteiger partial charge >= 0.3 is 0 Å². The largest absolute Gasteiger partial charge is 0.352 e. The van der Waals surface area contributed by atoms with Crippen molar-refractivity contribution in [2.75, 3.05) is 11.5 Å². The molecule has 0 aromatic rings. The summed E-state index contributed by atoms with van der Waals surface area (Å²) in [5, 5.41) is 3.15. The van der Waals surface area contributed by atoms with Crippen LogP contribution >= 0.6 is 11.8 Å². The Morgan fingerprint density at radius 1 is 1.14 bits per heavy atom. The van der Waals surface area contributed by atoms with Crippen LogP contribution in [0.3, 0.4) is 0 Å². The highest BCUT2D eigenvalue weighted by molar-refractivity contribution is 8.00. The van der Waals surface area contributed by atoms with Crippen LogP contribution in [0.2, 0.25) is 0 Å². The Balaban J connectivity index is 1.88. The monoisotopic (exact) mass is 213 g/mol. The van der Waals surface area contributed by atoms with Gasteiger partial charge in [0.25, 0.3) is 0 Å². The second-order valence-electron chi connectivity index (χ2n) is 4.44. The number of hydrogen-bond acceptors (Lipinski definition) is 2. The van der Waals surface area contributed by atoms with Crippen molar-refractivity contribution in [3.05, 3.63) is 0 Å². The molecule has 1 aliphatic heterocycles. The molecule has 2 rings (SSSR count). The van der Waals surface area contributed by atoms with Crippen molar-refractivity contribution < 1.29 is 4.79 Å². The molecule has 1 atom stereocenters. The molecule has 1 aliphatic carbocycles. The fourth-order valence-electron chi connectivity index (χ4n) is 2.54. The van der Waals surface area contributed by atoms with Gasteiger partial charge in [-0.25, -0.2) is 0 Å². The first-order valence-corrected chi connectivity index (χ1v) is 6.89. The molecule has 2 fully saturated rings. The number of amides is 1. The number of rotatable bonds is 1. The molecule has 3 heteroatoms.